The zero-order valence-corrected chi connectivity index (χ0v) is 23.4. The Hall–Kier alpha value is -2.98. The summed E-state index contributed by atoms with van der Waals surface area (Å²) in [6, 6.07) is 21.8. The predicted octanol–water partition coefficient (Wildman–Crippen LogP) is 6.62. The molecule has 1 heterocycles. The van der Waals surface area contributed by atoms with Crippen molar-refractivity contribution in [2.75, 3.05) is 25.1 Å². The number of nitrogens with one attached hydrogen (secondary N) is 1. The molecular weight excluding hydrogens is 585 g/mol. The minimum atomic E-state index is -0.177. The lowest BCUT2D eigenvalue weighted by Gasteiger charge is -2.22. The van der Waals surface area contributed by atoms with Crippen molar-refractivity contribution in [2.45, 2.75) is 20.5 Å². The van der Waals surface area contributed by atoms with Crippen LogP contribution < -0.4 is 19.7 Å². The largest absolute Gasteiger partial charge is 0.497 e. The summed E-state index contributed by atoms with van der Waals surface area (Å²) < 4.78 is 12.7. The number of methoxy groups -OCH3 is 1. The van der Waals surface area contributed by atoms with Gasteiger partial charge in [0.05, 0.1) is 17.7 Å². The number of ether oxygens (including phenoxy) is 2. The molecule has 0 radical (unpaired) electrons. The van der Waals surface area contributed by atoms with Gasteiger partial charge in [-0.05, 0) is 108 Å². The maximum Gasteiger partial charge on any atom is 0.264 e. The molecule has 1 N–H and O–H groups in total. The molecule has 4 rings (SSSR count). The normalized spacial score (nSPS) is 15.3. The first-order valence-corrected chi connectivity index (χ1v) is 13.6. The topological polar surface area (TPSA) is 63.2 Å². The Morgan fingerprint density at radius 1 is 1.03 bits per heavy atom. The molecule has 1 amide bonds. The standard InChI is InChI=1S/C28H28IN3O3S/c1-4-32(5-2)23-13-8-20(25(17-23)35-18-19-6-9-21(29)10-7-19)16-26-27(33)31-28(36-26)30-22-11-14-24(34-3)15-12-22/h6-17H,4-5,18H2,1-3H3,(H,30,31,33)/b26-16-. The zero-order valence-electron chi connectivity index (χ0n) is 20.5. The molecule has 1 saturated heterocycles. The first-order valence-electron chi connectivity index (χ1n) is 11.7. The number of carbonyl (C=O) groups is 1. The Labute approximate surface area is 229 Å². The quantitative estimate of drug-likeness (QED) is 0.217. The molecule has 6 nitrogen and oxygen atoms in total. The number of hydrogen-bond acceptors (Lipinski definition) is 6. The van der Waals surface area contributed by atoms with Gasteiger partial charge in [0.15, 0.2) is 5.17 Å². The van der Waals surface area contributed by atoms with Crippen LogP contribution in [0.2, 0.25) is 0 Å². The van der Waals surface area contributed by atoms with E-state index in [4.69, 9.17) is 9.47 Å². The second kappa shape index (κ2) is 12.3. The summed E-state index contributed by atoms with van der Waals surface area (Å²) in [4.78, 5) is 20.1. The number of rotatable bonds is 9. The molecule has 0 bridgehead atoms. The second-order valence-electron chi connectivity index (χ2n) is 7.99. The first kappa shape index (κ1) is 26.1. The van der Waals surface area contributed by atoms with Crippen molar-refractivity contribution in [2.24, 2.45) is 4.99 Å². The second-order valence-corrected chi connectivity index (χ2v) is 10.3. The molecule has 0 aromatic heterocycles. The van der Waals surface area contributed by atoms with E-state index in [1.165, 1.54) is 15.3 Å². The molecule has 1 fully saturated rings. The Bertz CT molecular complexity index is 1270. The van der Waals surface area contributed by atoms with Gasteiger partial charge in [-0.2, -0.15) is 0 Å². The number of carbonyl (C=O) groups excluding carboxylic acids is 1. The molecule has 3 aromatic rings. The fourth-order valence-corrected chi connectivity index (χ4v) is 4.88. The fraction of sp³-hybridized carbons (Fsp3) is 0.214. The maximum absolute atomic E-state index is 12.7. The summed E-state index contributed by atoms with van der Waals surface area (Å²) in [5.41, 5.74) is 3.76. The number of amidine groups is 1. The lowest BCUT2D eigenvalue weighted by Crippen LogP contribution is -2.21. The van der Waals surface area contributed by atoms with Crippen LogP contribution in [0.4, 0.5) is 11.4 Å². The number of nitrogens with zero attached hydrogens (tertiary/aromatic N) is 2. The molecule has 3 aromatic carbocycles. The Morgan fingerprint density at radius 3 is 2.42 bits per heavy atom. The number of aliphatic imine (C=N–C) groups is 1. The highest BCUT2D eigenvalue weighted by Crippen LogP contribution is 2.33. The van der Waals surface area contributed by atoms with Crippen LogP contribution in [0.25, 0.3) is 6.08 Å². The lowest BCUT2D eigenvalue weighted by atomic mass is 10.1. The van der Waals surface area contributed by atoms with Gasteiger partial charge < -0.3 is 19.7 Å². The van der Waals surface area contributed by atoms with E-state index in [0.717, 1.165) is 47.1 Å². The number of thioether (sulfide) groups is 1. The van der Waals surface area contributed by atoms with Gasteiger partial charge >= 0.3 is 0 Å². The van der Waals surface area contributed by atoms with Crippen molar-refractivity contribution in [3.05, 3.63) is 86.3 Å². The van der Waals surface area contributed by atoms with Crippen LogP contribution in [-0.2, 0) is 11.4 Å². The molecule has 0 saturated carbocycles. The van der Waals surface area contributed by atoms with Crippen molar-refractivity contribution in [3.8, 4) is 11.5 Å². The van der Waals surface area contributed by atoms with Crippen LogP contribution in [0.1, 0.15) is 25.0 Å². The number of benzene rings is 3. The smallest absolute Gasteiger partial charge is 0.264 e. The minimum Gasteiger partial charge on any atom is -0.497 e. The van der Waals surface area contributed by atoms with Crippen LogP contribution in [0.5, 0.6) is 11.5 Å². The molecule has 1 aliphatic heterocycles. The molecule has 0 unspecified atom stereocenters. The Morgan fingerprint density at radius 2 is 1.75 bits per heavy atom. The van der Waals surface area contributed by atoms with Gasteiger partial charge in [-0.15, -0.1) is 0 Å². The predicted molar refractivity (Wildman–Crippen MR) is 157 cm³/mol. The van der Waals surface area contributed by atoms with Crippen LogP contribution in [0.3, 0.4) is 0 Å². The summed E-state index contributed by atoms with van der Waals surface area (Å²) in [5, 5.41) is 3.40. The van der Waals surface area contributed by atoms with Crippen molar-refractivity contribution in [3.63, 3.8) is 0 Å². The average molecular weight is 614 g/mol. The zero-order chi connectivity index (χ0) is 25.5. The molecule has 0 atom stereocenters. The highest BCUT2D eigenvalue weighted by Gasteiger charge is 2.24. The monoisotopic (exact) mass is 613 g/mol. The van der Waals surface area contributed by atoms with E-state index < -0.39 is 0 Å². The van der Waals surface area contributed by atoms with Crippen LogP contribution in [0, 0.1) is 3.57 Å². The summed E-state index contributed by atoms with van der Waals surface area (Å²) in [6.07, 6.45) is 1.87. The summed E-state index contributed by atoms with van der Waals surface area (Å²) >= 11 is 3.61. The van der Waals surface area contributed by atoms with Crippen LogP contribution >= 0.6 is 34.4 Å². The van der Waals surface area contributed by atoms with Crippen LogP contribution in [-0.4, -0.2) is 31.3 Å². The van der Waals surface area contributed by atoms with Gasteiger partial charge in [0.25, 0.3) is 5.91 Å². The van der Waals surface area contributed by atoms with Gasteiger partial charge in [-0.25, -0.2) is 4.99 Å². The van der Waals surface area contributed by atoms with Crippen molar-refractivity contribution >= 4 is 62.9 Å². The van der Waals surface area contributed by atoms with Gasteiger partial charge in [0.1, 0.15) is 18.1 Å². The summed E-state index contributed by atoms with van der Waals surface area (Å²) in [5.74, 6) is 1.32. The average Bonchev–Trinajstić information content (AvgIpc) is 3.24. The van der Waals surface area contributed by atoms with Crippen molar-refractivity contribution < 1.29 is 14.3 Å². The fourth-order valence-electron chi connectivity index (χ4n) is 3.69. The van der Waals surface area contributed by atoms with Gasteiger partial charge in [0.2, 0.25) is 0 Å². The molecule has 8 heteroatoms. The third-order valence-electron chi connectivity index (χ3n) is 5.67. The van der Waals surface area contributed by atoms with E-state index in [9.17, 15) is 4.79 Å². The van der Waals surface area contributed by atoms with Gasteiger partial charge in [0, 0.05) is 34.0 Å². The van der Waals surface area contributed by atoms with E-state index in [-0.39, 0.29) is 5.91 Å². The first-order chi connectivity index (χ1) is 17.5. The van der Waals surface area contributed by atoms with E-state index in [1.807, 2.05) is 36.4 Å². The summed E-state index contributed by atoms with van der Waals surface area (Å²) in [7, 11) is 1.62. The van der Waals surface area contributed by atoms with Gasteiger partial charge in [-0.3, -0.25) is 4.79 Å². The molecular formula is C28H28IN3O3S. The molecule has 186 valence electrons. The third kappa shape index (κ3) is 6.61. The van der Waals surface area contributed by atoms with Crippen molar-refractivity contribution in [1.82, 2.24) is 5.32 Å². The lowest BCUT2D eigenvalue weighted by molar-refractivity contribution is -0.115. The number of halogens is 1. The van der Waals surface area contributed by atoms with E-state index in [1.54, 1.807) is 7.11 Å². The van der Waals surface area contributed by atoms with Gasteiger partial charge in [-0.1, -0.05) is 12.1 Å². The van der Waals surface area contributed by atoms with E-state index >= 15 is 0 Å². The summed E-state index contributed by atoms with van der Waals surface area (Å²) in [6.45, 7) is 6.51. The molecule has 0 aliphatic carbocycles. The highest BCUT2D eigenvalue weighted by atomic mass is 127. The Kier molecular flexibility index (Phi) is 8.93. The number of hydrogen-bond donors (Lipinski definition) is 1. The Balaban J connectivity index is 1.59. The van der Waals surface area contributed by atoms with E-state index in [0.29, 0.717) is 16.7 Å². The minimum absolute atomic E-state index is 0.177. The maximum atomic E-state index is 12.7. The highest BCUT2D eigenvalue weighted by molar-refractivity contribution is 14.1. The third-order valence-corrected chi connectivity index (χ3v) is 7.30. The number of anilines is 1. The number of amides is 1. The molecule has 1 aliphatic rings. The molecule has 0 spiro atoms. The molecule has 36 heavy (non-hydrogen) atoms. The van der Waals surface area contributed by atoms with Crippen molar-refractivity contribution in [1.29, 1.82) is 0 Å². The van der Waals surface area contributed by atoms with Crippen LogP contribution in [0.15, 0.2) is 76.6 Å². The van der Waals surface area contributed by atoms with E-state index in [2.05, 4.69) is 88.0 Å². The SMILES string of the molecule is CCN(CC)c1ccc(/C=C2\SC(=Nc3ccc(OC)cc3)NC2=O)c(OCc2ccc(I)cc2)c1.